The number of halogens is 1. The lowest BCUT2D eigenvalue weighted by molar-refractivity contribution is 0.524. The molecular weight excluding hydrogens is 365 g/mol. The molecule has 2 aromatic rings. The minimum Gasteiger partial charge on any atom is -0.458 e. The Morgan fingerprint density at radius 2 is 2.05 bits per heavy atom. The van der Waals surface area contributed by atoms with Crippen molar-refractivity contribution in [2.75, 3.05) is 12.4 Å². The first-order valence-electron chi connectivity index (χ1n) is 6.88. The molecule has 20 heavy (non-hydrogen) atoms. The SMILES string of the molecule is CCc1ccc(-c2nc(CC(C)C)c(I)c(NC)n2)o1. The summed E-state index contributed by atoms with van der Waals surface area (Å²) in [4.78, 5) is 9.24. The number of nitrogens with zero attached hydrogens (tertiary/aromatic N) is 2. The average Bonchev–Trinajstić information content (AvgIpc) is 2.89. The third-order valence-corrected chi connectivity index (χ3v) is 4.12. The summed E-state index contributed by atoms with van der Waals surface area (Å²) in [5, 5.41) is 3.14. The van der Waals surface area contributed by atoms with Crippen LogP contribution in [0.15, 0.2) is 16.5 Å². The Morgan fingerprint density at radius 3 is 2.60 bits per heavy atom. The molecule has 4 nitrogen and oxygen atoms in total. The zero-order valence-corrected chi connectivity index (χ0v) is 14.5. The van der Waals surface area contributed by atoms with E-state index in [1.165, 1.54) is 0 Å². The van der Waals surface area contributed by atoms with E-state index in [0.29, 0.717) is 11.7 Å². The Bertz CT molecular complexity index is 593. The zero-order valence-electron chi connectivity index (χ0n) is 12.3. The summed E-state index contributed by atoms with van der Waals surface area (Å²) in [6.45, 7) is 6.46. The van der Waals surface area contributed by atoms with Crippen molar-refractivity contribution in [3.05, 3.63) is 27.2 Å². The molecule has 0 aliphatic carbocycles. The van der Waals surface area contributed by atoms with Crippen LogP contribution in [0.5, 0.6) is 0 Å². The van der Waals surface area contributed by atoms with Gasteiger partial charge < -0.3 is 9.73 Å². The summed E-state index contributed by atoms with van der Waals surface area (Å²) in [7, 11) is 1.88. The van der Waals surface area contributed by atoms with Crippen molar-refractivity contribution in [2.24, 2.45) is 5.92 Å². The molecule has 0 amide bonds. The van der Waals surface area contributed by atoms with Gasteiger partial charge in [0.15, 0.2) is 11.6 Å². The Labute approximate surface area is 133 Å². The highest BCUT2D eigenvalue weighted by Crippen LogP contribution is 2.26. The van der Waals surface area contributed by atoms with Crippen LogP contribution in [0.4, 0.5) is 5.82 Å². The summed E-state index contributed by atoms with van der Waals surface area (Å²) >= 11 is 2.30. The largest absolute Gasteiger partial charge is 0.458 e. The number of nitrogens with one attached hydrogen (secondary N) is 1. The van der Waals surface area contributed by atoms with Gasteiger partial charge >= 0.3 is 0 Å². The lowest BCUT2D eigenvalue weighted by Crippen LogP contribution is -2.07. The Balaban J connectivity index is 2.47. The molecule has 0 bridgehead atoms. The molecule has 0 fully saturated rings. The molecule has 5 heteroatoms. The van der Waals surface area contributed by atoms with Gasteiger partial charge in [-0.1, -0.05) is 20.8 Å². The van der Waals surface area contributed by atoms with Crippen molar-refractivity contribution in [1.29, 1.82) is 0 Å². The highest BCUT2D eigenvalue weighted by atomic mass is 127. The molecule has 0 aliphatic heterocycles. The molecule has 0 radical (unpaired) electrons. The third-order valence-electron chi connectivity index (χ3n) is 2.99. The minimum atomic E-state index is 0.554. The van der Waals surface area contributed by atoms with Crippen LogP contribution in [-0.4, -0.2) is 17.0 Å². The quantitative estimate of drug-likeness (QED) is 0.786. The lowest BCUT2D eigenvalue weighted by Gasteiger charge is -2.11. The molecule has 2 aromatic heterocycles. The first-order valence-corrected chi connectivity index (χ1v) is 7.96. The van der Waals surface area contributed by atoms with Crippen molar-refractivity contribution in [3.63, 3.8) is 0 Å². The van der Waals surface area contributed by atoms with E-state index in [1.54, 1.807) is 0 Å². The zero-order chi connectivity index (χ0) is 14.7. The van der Waals surface area contributed by atoms with Gasteiger partial charge in [0.2, 0.25) is 0 Å². The predicted octanol–water partition coefficient (Wildman–Crippen LogP) is 4.14. The van der Waals surface area contributed by atoms with E-state index in [4.69, 9.17) is 4.42 Å². The lowest BCUT2D eigenvalue weighted by atomic mass is 10.1. The smallest absolute Gasteiger partial charge is 0.197 e. The number of hydrogen-bond acceptors (Lipinski definition) is 4. The van der Waals surface area contributed by atoms with Gasteiger partial charge in [0.05, 0.1) is 9.26 Å². The molecule has 2 rings (SSSR count). The number of hydrogen-bond donors (Lipinski definition) is 1. The Hall–Kier alpha value is -1.11. The standard InChI is InChI=1S/C15H20IN3O/c1-5-10-6-7-12(20-10)14-18-11(8-9(2)3)13(16)15(17-4)19-14/h6-7,9H,5,8H2,1-4H3,(H,17,18,19). The number of furan rings is 1. The molecular formula is C15H20IN3O. The normalized spacial score (nSPS) is 11.1. The van der Waals surface area contributed by atoms with Gasteiger partial charge in [0.1, 0.15) is 11.6 Å². The van der Waals surface area contributed by atoms with Crippen molar-refractivity contribution in [2.45, 2.75) is 33.6 Å². The second-order valence-electron chi connectivity index (χ2n) is 5.12. The van der Waals surface area contributed by atoms with Gasteiger partial charge in [-0.25, -0.2) is 9.97 Å². The topological polar surface area (TPSA) is 51.0 Å². The van der Waals surface area contributed by atoms with Gasteiger partial charge in [-0.2, -0.15) is 0 Å². The maximum absolute atomic E-state index is 5.76. The van der Waals surface area contributed by atoms with E-state index in [1.807, 2.05) is 19.2 Å². The molecule has 0 saturated heterocycles. The van der Waals surface area contributed by atoms with Crippen LogP contribution < -0.4 is 5.32 Å². The first kappa shape index (κ1) is 15.3. The minimum absolute atomic E-state index is 0.554. The van der Waals surface area contributed by atoms with E-state index in [2.05, 4.69) is 58.6 Å². The summed E-state index contributed by atoms with van der Waals surface area (Å²) in [6.07, 6.45) is 1.81. The van der Waals surface area contributed by atoms with Crippen LogP contribution in [-0.2, 0) is 12.8 Å². The molecule has 108 valence electrons. The van der Waals surface area contributed by atoms with Crippen molar-refractivity contribution in [1.82, 2.24) is 9.97 Å². The number of aryl methyl sites for hydroxylation is 1. The third kappa shape index (κ3) is 3.31. The first-order chi connectivity index (χ1) is 9.55. The summed E-state index contributed by atoms with van der Waals surface area (Å²) < 4.78 is 6.85. The number of anilines is 1. The Kier molecular flexibility index (Phi) is 5.01. The fourth-order valence-corrected chi connectivity index (χ4v) is 2.71. The monoisotopic (exact) mass is 385 g/mol. The van der Waals surface area contributed by atoms with Crippen LogP contribution in [0.1, 0.15) is 32.2 Å². The predicted molar refractivity (Wildman–Crippen MR) is 89.9 cm³/mol. The van der Waals surface area contributed by atoms with Gasteiger partial charge in [0.25, 0.3) is 0 Å². The Morgan fingerprint density at radius 1 is 1.30 bits per heavy atom. The average molecular weight is 385 g/mol. The maximum atomic E-state index is 5.76. The molecule has 0 atom stereocenters. The van der Waals surface area contributed by atoms with Gasteiger partial charge in [0, 0.05) is 13.5 Å². The molecule has 0 aliphatic rings. The van der Waals surface area contributed by atoms with Crippen LogP contribution in [0.3, 0.4) is 0 Å². The summed E-state index contributed by atoms with van der Waals surface area (Å²) in [5.74, 6) is 3.77. The van der Waals surface area contributed by atoms with Crippen LogP contribution in [0.2, 0.25) is 0 Å². The van der Waals surface area contributed by atoms with Gasteiger partial charge in [-0.3, -0.25) is 0 Å². The fraction of sp³-hybridized carbons (Fsp3) is 0.467. The fourth-order valence-electron chi connectivity index (χ4n) is 1.98. The van der Waals surface area contributed by atoms with Crippen molar-refractivity contribution >= 4 is 28.4 Å². The molecule has 2 heterocycles. The summed E-state index contributed by atoms with van der Waals surface area (Å²) in [6, 6.07) is 3.93. The van der Waals surface area contributed by atoms with Crippen molar-refractivity contribution in [3.8, 4) is 11.6 Å². The highest BCUT2D eigenvalue weighted by molar-refractivity contribution is 14.1. The van der Waals surface area contributed by atoms with Crippen LogP contribution in [0.25, 0.3) is 11.6 Å². The second-order valence-corrected chi connectivity index (χ2v) is 6.20. The molecule has 0 spiro atoms. The van der Waals surface area contributed by atoms with E-state index in [-0.39, 0.29) is 0 Å². The van der Waals surface area contributed by atoms with Gasteiger partial charge in [-0.15, -0.1) is 0 Å². The highest BCUT2D eigenvalue weighted by Gasteiger charge is 2.15. The van der Waals surface area contributed by atoms with E-state index in [9.17, 15) is 0 Å². The summed E-state index contributed by atoms with van der Waals surface area (Å²) in [5.41, 5.74) is 1.07. The van der Waals surface area contributed by atoms with Crippen LogP contribution in [0, 0.1) is 9.49 Å². The molecule has 0 aromatic carbocycles. The number of aromatic nitrogens is 2. The van der Waals surface area contributed by atoms with E-state index < -0.39 is 0 Å². The number of rotatable bonds is 5. The maximum Gasteiger partial charge on any atom is 0.197 e. The molecule has 0 unspecified atom stereocenters. The van der Waals surface area contributed by atoms with Crippen LogP contribution >= 0.6 is 22.6 Å². The van der Waals surface area contributed by atoms with E-state index in [0.717, 1.165) is 39.4 Å². The molecule has 0 saturated carbocycles. The molecule has 1 N–H and O–H groups in total. The van der Waals surface area contributed by atoms with Crippen molar-refractivity contribution < 1.29 is 4.42 Å². The van der Waals surface area contributed by atoms with Gasteiger partial charge in [-0.05, 0) is 47.1 Å². The second kappa shape index (κ2) is 6.56. The van der Waals surface area contributed by atoms with E-state index >= 15 is 0 Å².